The van der Waals surface area contributed by atoms with Crippen molar-refractivity contribution in [2.75, 3.05) is 7.05 Å². The van der Waals surface area contributed by atoms with E-state index in [1.807, 2.05) is 19.1 Å². The molecule has 0 fully saturated rings. The second-order valence-corrected chi connectivity index (χ2v) is 7.99. The van der Waals surface area contributed by atoms with E-state index in [-0.39, 0.29) is 10.9 Å². The number of hydrogen-bond donors (Lipinski definition) is 0. The number of halogens is 1. The van der Waals surface area contributed by atoms with Gasteiger partial charge in [0.05, 0.1) is 11.7 Å². The molecule has 0 amide bonds. The molecule has 0 aliphatic rings. The van der Waals surface area contributed by atoms with Gasteiger partial charge in [-0.3, -0.25) is 0 Å². The molecule has 0 spiro atoms. The molecule has 2 aromatic heterocycles. The largest absolute Gasteiger partial charge is 0.244 e. The lowest BCUT2D eigenvalue weighted by molar-refractivity contribution is 0.398. The summed E-state index contributed by atoms with van der Waals surface area (Å²) in [4.78, 5) is 4.15. The zero-order valence-corrected chi connectivity index (χ0v) is 14.7. The highest BCUT2D eigenvalue weighted by Gasteiger charge is 2.27. The van der Waals surface area contributed by atoms with Crippen LogP contribution in [0.2, 0.25) is 5.02 Å². The van der Waals surface area contributed by atoms with Gasteiger partial charge in [0.25, 0.3) is 0 Å². The van der Waals surface area contributed by atoms with Crippen molar-refractivity contribution in [1.29, 1.82) is 0 Å². The molecule has 0 unspecified atom stereocenters. The molecule has 1 atom stereocenters. The summed E-state index contributed by atoms with van der Waals surface area (Å²) in [5.41, 5.74) is 1.77. The molecule has 1 aromatic carbocycles. The number of fused-ring (bicyclic) bond motifs is 1. The van der Waals surface area contributed by atoms with Gasteiger partial charge in [0.2, 0.25) is 10.0 Å². The third-order valence-corrected chi connectivity index (χ3v) is 6.34. The van der Waals surface area contributed by atoms with Crippen molar-refractivity contribution in [3.05, 3.63) is 47.1 Å². The lowest BCUT2D eigenvalue weighted by Crippen LogP contribution is -2.29. The second-order valence-electron chi connectivity index (χ2n) is 5.03. The summed E-state index contributed by atoms with van der Waals surface area (Å²) in [6.45, 7) is 1.82. The predicted molar refractivity (Wildman–Crippen MR) is 90.0 cm³/mol. The van der Waals surface area contributed by atoms with Gasteiger partial charge in [-0.2, -0.15) is 13.1 Å². The average molecular weight is 369 g/mol. The van der Waals surface area contributed by atoms with Gasteiger partial charge in [-0.15, -0.1) is 0 Å². The summed E-state index contributed by atoms with van der Waals surface area (Å²) in [6, 6.07) is 8.24. The van der Waals surface area contributed by atoms with Crippen LogP contribution >= 0.6 is 23.3 Å². The Balaban J connectivity index is 1.95. The fraction of sp³-hybridized carbons (Fsp3) is 0.214. The molecule has 2 heterocycles. The van der Waals surface area contributed by atoms with Crippen LogP contribution in [0.25, 0.3) is 11.2 Å². The van der Waals surface area contributed by atoms with Crippen molar-refractivity contribution >= 4 is 44.5 Å². The van der Waals surface area contributed by atoms with Crippen LogP contribution in [0.4, 0.5) is 0 Å². The Kier molecular flexibility index (Phi) is 4.33. The van der Waals surface area contributed by atoms with Crippen LogP contribution in [-0.2, 0) is 10.0 Å². The maximum atomic E-state index is 12.8. The summed E-state index contributed by atoms with van der Waals surface area (Å²) < 4.78 is 34.9. The van der Waals surface area contributed by atoms with Crippen LogP contribution in [0, 0.1) is 0 Å². The highest BCUT2D eigenvalue weighted by atomic mass is 35.5. The van der Waals surface area contributed by atoms with E-state index in [0.717, 1.165) is 17.3 Å². The molecule has 3 aromatic rings. The molecule has 0 bridgehead atoms. The average Bonchev–Trinajstić information content (AvgIpc) is 3.01. The van der Waals surface area contributed by atoms with Crippen LogP contribution in [0.5, 0.6) is 0 Å². The molecule has 6 nitrogen and oxygen atoms in total. The smallest absolute Gasteiger partial charge is 0.233 e. The minimum absolute atomic E-state index is 0.0982. The summed E-state index contributed by atoms with van der Waals surface area (Å²) in [5.74, 6) is 0. The molecule has 23 heavy (non-hydrogen) atoms. The minimum atomic E-state index is -3.69. The number of pyridine rings is 1. The van der Waals surface area contributed by atoms with Crippen molar-refractivity contribution in [3.63, 3.8) is 0 Å². The molecule has 0 aliphatic carbocycles. The van der Waals surface area contributed by atoms with Crippen LogP contribution in [0.15, 0.2) is 41.4 Å². The molecule has 3 rings (SSSR count). The number of benzene rings is 1. The van der Waals surface area contributed by atoms with E-state index in [0.29, 0.717) is 16.2 Å². The molecule has 0 aliphatic heterocycles. The Morgan fingerprint density at radius 3 is 2.61 bits per heavy atom. The van der Waals surface area contributed by atoms with Gasteiger partial charge in [-0.25, -0.2) is 13.4 Å². The van der Waals surface area contributed by atoms with E-state index < -0.39 is 10.0 Å². The lowest BCUT2D eigenvalue weighted by Gasteiger charge is -2.24. The highest BCUT2D eigenvalue weighted by molar-refractivity contribution is 7.89. The Labute approximate surface area is 143 Å². The summed E-state index contributed by atoms with van der Waals surface area (Å²) in [6.07, 6.45) is 1.31. The van der Waals surface area contributed by atoms with Gasteiger partial charge in [-0.05, 0) is 30.7 Å². The van der Waals surface area contributed by atoms with Crippen molar-refractivity contribution in [2.45, 2.75) is 17.9 Å². The first-order chi connectivity index (χ1) is 10.9. The summed E-state index contributed by atoms with van der Waals surface area (Å²) in [7, 11) is -2.15. The topological polar surface area (TPSA) is 76.1 Å². The molecule has 0 saturated carbocycles. The van der Waals surface area contributed by atoms with E-state index in [1.165, 1.54) is 23.6 Å². The monoisotopic (exact) mass is 368 g/mol. The molecule has 0 radical (unpaired) electrons. The highest BCUT2D eigenvalue weighted by Crippen LogP contribution is 2.27. The van der Waals surface area contributed by atoms with E-state index in [4.69, 9.17) is 11.6 Å². The minimum Gasteiger partial charge on any atom is -0.233 e. The third kappa shape index (κ3) is 3.07. The van der Waals surface area contributed by atoms with Gasteiger partial charge in [0.15, 0.2) is 5.65 Å². The Morgan fingerprint density at radius 1 is 1.22 bits per heavy atom. The van der Waals surface area contributed by atoms with E-state index in [2.05, 4.69) is 13.7 Å². The van der Waals surface area contributed by atoms with E-state index in [1.54, 1.807) is 12.1 Å². The van der Waals surface area contributed by atoms with Crippen LogP contribution < -0.4 is 0 Å². The van der Waals surface area contributed by atoms with Crippen LogP contribution in [0.1, 0.15) is 18.5 Å². The molecule has 9 heteroatoms. The number of hydrogen-bond acceptors (Lipinski definition) is 6. The van der Waals surface area contributed by atoms with Gasteiger partial charge >= 0.3 is 0 Å². The molecule has 0 saturated heterocycles. The maximum Gasteiger partial charge on any atom is 0.244 e. The fourth-order valence-electron chi connectivity index (χ4n) is 2.13. The number of aromatic nitrogens is 3. The van der Waals surface area contributed by atoms with Crippen LogP contribution in [-0.4, -0.2) is 33.5 Å². The zero-order valence-electron chi connectivity index (χ0n) is 12.3. The second kappa shape index (κ2) is 6.12. The third-order valence-electron chi connectivity index (χ3n) is 3.66. The Hall–Kier alpha value is -1.61. The van der Waals surface area contributed by atoms with Crippen molar-refractivity contribution in [3.8, 4) is 0 Å². The fourth-order valence-corrected chi connectivity index (χ4v) is 4.06. The van der Waals surface area contributed by atoms with Gasteiger partial charge in [0, 0.05) is 24.3 Å². The van der Waals surface area contributed by atoms with Crippen molar-refractivity contribution < 1.29 is 8.42 Å². The molecular formula is C14H13ClN4O2S2. The van der Waals surface area contributed by atoms with Crippen molar-refractivity contribution in [2.24, 2.45) is 0 Å². The normalized spacial score (nSPS) is 13.6. The molecular weight excluding hydrogens is 356 g/mol. The van der Waals surface area contributed by atoms with Crippen molar-refractivity contribution in [1.82, 2.24) is 18.0 Å². The standard InChI is InChI=1S/C14H13ClN4O2S2/c1-9(10-3-5-11(15)6-4-10)19(2)23(20,21)12-7-13-14(16-8-12)18-22-17-13/h3-9H,1-2H3/t9-/m0/s1. The van der Waals surface area contributed by atoms with Gasteiger partial charge in [-0.1, -0.05) is 23.7 Å². The first-order valence-electron chi connectivity index (χ1n) is 6.71. The summed E-state index contributed by atoms with van der Waals surface area (Å²) >= 11 is 6.88. The number of sulfonamides is 1. The Bertz CT molecular complexity index is 941. The maximum absolute atomic E-state index is 12.8. The number of rotatable bonds is 4. The van der Waals surface area contributed by atoms with Gasteiger partial charge < -0.3 is 0 Å². The van der Waals surface area contributed by atoms with Gasteiger partial charge in [0.1, 0.15) is 10.4 Å². The quantitative estimate of drug-likeness (QED) is 0.707. The number of nitrogens with zero attached hydrogens (tertiary/aromatic N) is 4. The van der Waals surface area contributed by atoms with Crippen LogP contribution in [0.3, 0.4) is 0 Å². The summed E-state index contributed by atoms with van der Waals surface area (Å²) in [5, 5.41) is 0.608. The van der Waals surface area contributed by atoms with E-state index in [9.17, 15) is 8.42 Å². The Morgan fingerprint density at radius 2 is 1.91 bits per heavy atom. The first-order valence-corrected chi connectivity index (χ1v) is 9.26. The van der Waals surface area contributed by atoms with E-state index >= 15 is 0 Å². The first kappa shape index (κ1) is 16.3. The zero-order chi connectivity index (χ0) is 16.6. The predicted octanol–water partition coefficient (Wildman–Crippen LogP) is 3.12. The molecule has 0 N–H and O–H groups in total. The lowest BCUT2D eigenvalue weighted by atomic mass is 10.1. The molecule has 120 valence electrons. The SMILES string of the molecule is C[C@@H](c1ccc(Cl)cc1)N(C)S(=O)(=O)c1cnc2nsnc2c1.